The lowest BCUT2D eigenvalue weighted by atomic mass is 9.92. The van der Waals surface area contributed by atoms with Gasteiger partial charge in [-0.25, -0.2) is 4.99 Å². The number of fused-ring (bicyclic) bond motifs is 1. The minimum atomic E-state index is -0.142. The van der Waals surface area contributed by atoms with Crippen molar-refractivity contribution < 1.29 is 4.74 Å². The van der Waals surface area contributed by atoms with E-state index in [4.69, 9.17) is 15.5 Å². The van der Waals surface area contributed by atoms with Crippen LogP contribution < -0.4 is 5.73 Å². The molecule has 32 heavy (non-hydrogen) atoms. The van der Waals surface area contributed by atoms with E-state index < -0.39 is 0 Å². The lowest BCUT2D eigenvalue weighted by Gasteiger charge is -2.27. The molecule has 0 aliphatic carbocycles. The number of allylic oxidation sites excluding steroid dienone is 1. The first kappa shape index (κ1) is 24.4. The first-order valence-corrected chi connectivity index (χ1v) is 12.1. The maximum absolute atomic E-state index is 6.40. The summed E-state index contributed by atoms with van der Waals surface area (Å²) in [6.07, 6.45) is 4.94. The molecule has 0 saturated heterocycles. The van der Waals surface area contributed by atoms with Crippen molar-refractivity contribution in [2.45, 2.75) is 52.9 Å². The SMILES string of the molecule is C=CC(N=C1C(N)=Nc2cc(C)ccc2/C1=C/CC)C(C)C(C)OCc1cccc(I)c1. The smallest absolute Gasteiger partial charge is 0.150 e. The third-order valence-electron chi connectivity index (χ3n) is 5.79. The molecule has 0 fully saturated rings. The van der Waals surface area contributed by atoms with Gasteiger partial charge in [-0.3, -0.25) is 4.99 Å². The van der Waals surface area contributed by atoms with Crippen LogP contribution in [0, 0.1) is 16.4 Å². The average molecular weight is 541 g/mol. The van der Waals surface area contributed by atoms with Crippen LogP contribution in [-0.2, 0) is 11.3 Å². The van der Waals surface area contributed by atoms with E-state index in [-0.39, 0.29) is 18.1 Å². The highest BCUT2D eigenvalue weighted by Gasteiger charge is 2.26. The van der Waals surface area contributed by atoms with E-state index in [1.807, 2.05) is 6.08 Å². The maximum atomic E-state index is 6.40. The van der Waals surface area contributed by atoms with Crippen molar-refractivity contribution in [1.29, 1.82) is 0 Å². The van der Waals surface area contributed by atoms with Crippen LogP contribution in [0.25, 0.3) is 5.57 Å². The van der Waals surface area contributed by atoms with Crippen LogP contribution >= 0.6 is 22.6 Å². The second kappa shape index (κ2) is 11.1. The summed E-state index contributed by atoms with van der Waals surface area (Å²) >= 11 is 2.32. The van der Waals surface area contributed by atoms with Gasteiger partial charge in [-0.1, -0.05) is 50.3 Å². The summed E-state index contributed by atoms with van der Waals surface area (Å²) < 4.78 is 7.40. The molecule has 0 radical (unpaired) electrons. The molecule has 168 valence electrons. The molecule has 1 aliphatic heterocycles. The van der Waals surface area contributed by atoms with Crippen LogP contribution in [0.3, 0.4) is 0 Å². The van der Waals surface area contributed by atoms with Crippen LogP contribution in [0.1, 0.15) is 43.9 Å². The van der Waals surface area contributed by atoms with Crippen molar-refractivity contribution >= 4 is 45.4 Å². The van der Waals surface area contributed by atoms with Gasteiger partial charge in [-0.2, -0.15) is 0 Å². The number of halogens is 1. The minimum absolute atomic E-state index is 0.00416. The maximum Gasteiger partial charge on any atom is 0.150 e. The fraction of sp³-hybridized carbons (Fsp3) is 0.333. The molecule has 0 bridgehead atoms. The van der Waals surface area contributed by atoms with E-state index in [0.717, 1.165) is 34.5 Å². The number of nitrogens with two attached hydrogens (primary N) is 1. The summed E-state index contributed by atoms with van der Waals surface area (Å²) in [6, 6.07) is 14.5. The zero-order valence-electron chi connectivity index (χ0n) is 19.3. The van der Waals surface area contributed by atoms with Crippen LogP contribution in [0.5, 0.6) is 0 Å². The second-order valence-corrected chi connectivity index (χ2v) is 9.50. The first-order chi connectivity index (χ1) is 15.3. The lowest BCUT2D eigenvalue weighted by Crippen LogP contribution is -2.32. The molecule has 1 aliphatic rings. The van der Waals surface area contributed by atoms with Gasteiger partial charge in [0, 0.05) is 20.6 Å². The molecule has 5 heteroatoms. The summed E-state index contributed by atoms with van der Waals surface area (Å²) in [4.78, 5) is 9.69. The molecule has 4 nitrogen and oxygen atoms in total. The lowest BCUT2D eigenvalue weighted by molar-refractivity contribution is 0.0154. The fourth-order valence-electron chi connectivity index (χ4n) is 3.77. The normalized spacial score (nSPS) is 18.7. The summed E-state index contributed by atoms with van der Waals surface area (Å²) in [5, 5.41) is 0. The van der Waals surface area contributed by atoms with Crippen molar-refractivity contribution in [3.8, 4) is 0 Å². The van der Waals surface area contributed by atoms with Crippen LogP contribution in [0.2, 0.25) is 0 Å². The highest BCUT2D eigenvalue weighted by Crippen LogP contribution is 2.34. The highest BCUT2D eigenvalue weighted by molar-refractivity contribution is 14.1. The van der Waals surface area contributed by atoms with Crippen molar-refractivity contribution in [1.82, 2.24) is 0 Å². The molecular formula is C27H32IN3O. The molecule has 2 aromatic rings. The molecule has 3 unspecified atom stereocenters. The molecular weight excluding hydrogens is 509 g/mol. The number of hydrogen-bond donors (Lipinski definition) is 1. The van der Waals surface area contributed by atoms with E-state index in [1.165, 1.54) is 9.13 Å². The van der Waals surface area contributed by atoms with Gasteiger partial charge in [-0.05, 0) is 72.2 Å². The van der Waals surface area contributed by atoms with Gasteiger partial charge in [0.1, 0.15) is 11.5 Å². The predicted molar refractivity (Wildman–Crippen MR) is 145 cm³/mol. The van der Waals surface area contributed by atoms with Gasteiger partial charge in [0.25, 0.3) is 0 Å². The third-order valence-corrected chi connectivity index (χ3v) is 6.46. The van der Waals surface area contributed by atoms with Crippen LogP contribution in [0.15, 0.2) is 71.2 Å². The van der Waals surface area contributed by atoms with Crippen molar-refractivity contribution in [3.05, 3.63) is 81.5 Å². The van der Waals surface area contributed by atoms with E-state index in [9.17, 15) is 0 Å². The molecule has 2 aromatic carbocycles. The zero-order chi connectivity index (χ0) is 23.3. The number of amidine groups is 1. The van der Waals surface area contributed by atoms with Gasteiger partial charge in [0.05, 0.1) is 24.4 Å². The molecule has 0 aromatic heterocycles. The number of benzene rings is 2. The highest BCUT2D eigenvalue weighted by atomic mass is 127. The van der Waals surface area contributed by atoms with Crippen molar-refractivity contribution in [2.24, 2.45) is 21.6 Å². The summed E-state index contributed by atoms with van der Waals surface area (Å²) in [7, 11) is 0. The third kappa shape index (κ3) is 5.75. The van der Waals surface area contributed by atoms with Gasteiger partial charge in [0.2, 0.25) is 0 Å². The standard InChI is InChI=1S/C27H32IN3O/c1-6-9-23-22-13-12-17(3)14-25(22)31-27(29)26(23)30-24(7-2)18(4)19(5)32-16-20-10-8-11-21(28)15-20/h7-15,18-19,24H,2,6,16H2,1,3-5H3,(H2,29,31)/b23-9-,30-26?. The quantitative estimate of drug-likeness (QED) is 0.301. The summed E-state index contributed by atoms with van der Waals surface area (Å²) in [5.41, 5.74) is 12.5. The average Bonchev–Trinajstić information content (AvgIpc) is 2.76. The molecule has 2 N–H and O–H groups in total. The Kier molecular flexibility index (Phi) is 8.43. The topological polar surface area (TPSA) is 60.0 Å². The number of aryl methyl sites for hydroxylation is 1. The fourth-order valence-corrected chi connectivity index (χ4v) is 4.38. The Labute approximate surface area is 205 Å². The molecule has 0 amide bonds. The van der Waals surface area contributed by atoms with Gasteiger partial charge in [-0.15, -0.1) is 6.58 Å². The van der Waals surface area contributed by atoms with E-state index in [2.05, 4.69) is 110 Å². The first-order valence-electron chi connectivity index (χ1n) is 11.1. The number of rotatable bonds is 8. The minimum Gasteiger partial charge on any atom is -0.382 e. The predicted octanol–water partition coefficient (Wildman–Crippen LogP) is 6.63. The molecule has 0 saturated carbocycles. The summed E-state index contributed by atoms with van der Waals surface area (Å²) in [6.45, 7) is 13.0. The second-order valence-electron chi connectivity index (χ2n) is 8.25. The van der Waals surface area contributed by atoms with Crippen molar-refractivity contribution in [2.75, 3.05) is 0 Å². The summed E-state index contributed by atoms with van der Waals surface area (Å²) in [5.74, 6) is 0.576. The Balaban J connectivity index is 1.84. The Morgan fingerprint density at radius 3 is 2.69 bits per heavy atom. The number of nitrogens with zero attached hydrogens (tertiary/aromatic N) is 2. The van der Waals surface area contributed by atoms with E-state index in [1.54, 1.807) is 0 Å². The van der Waals surface area contributed by atoms with Crippen molar-refractivity contribution in [3.63, 3.8) is 0 Å². The Hall–Kier alpha value is -2.25. The molecule has 1 heterocycles. The van der Waals surface area contributed by atoms with E-state index >= 15 is 0 Å². The number of hydrogen-bond acceptors (Lipinski definition) is 4. The molecule has 0 spiro atoms. The van der Waals surface area contributed by atoms with Gasteiger partial charge < -0.3 is 10.5 Å². The number of aliphatic imine (C=N–C) groups is 2. The molecule has 3 rings (SSSR count). The zero-order valence-corrected chi connectivity index (χ0v) is 21.5. The van der Waals surface area contributed by atoms with Crippen LogP contribution in [-0.4, -0.2) is 23.7 Å². The Morgan fingerprint density at radius 2 is 2.00 bits per heavy atom. The molecule has 3 atom stereocenters. The van der Waals surface area contributed by atoms with Gasteiger partial charge >= 0.3 is 0 Å². The monoisotopic (exact) mass is 541 g/mol. The number of ether oxygens (including phenoxy) is 1. The Morgan fingerprint density at radius 1 is 1.22 bits per heavy atom. The van der Waals surface area contributed by atoms with Gasteiger partial charge in [0.15, 0.2) is 0 Å². The largest absolute Gasteiger partial charge is 0.382 e. The van der Waals surface area contributed by atoms with Crippen LogP contribution in [0.4, 0.5) is 5.69 Å². The Bertz CT molecular complexity index is 1070. The van der Waals surface area contributed by atoms with E-state index in [0.29, 0.717) is 12.4 Å².